The lowest BCUT2D eigenvalue weighted by Crippen LogP contribution is -2.61. The van der Waals surface area contributed by atoms with E-state index in [4.69, 9.17) is 5.21 Å². The van der Waals surface area contributed by atoms with Crippen LogP contribution in [-0.4, -0.2) is 46.9 Å². The van der Waals surface area contributed by atoms with Gasteiger partial charge in [0, 0.05) is 18.7 Å². The Morgan fingerprint density at radius 1 is 1.40 bits per heavy atom. The fourth-order valence-electron chi connectivity index (χ4n) is 2.86. The molecule has 1 unspecified atom stereocenters. The Labute approximate surface area is 153 Å². The number of carbonyl (C=O) groups is 1. The fraction of sp³-hybridized carbons (Fsp3) is 0.471. The molecule has 1 aromatic carbocycles. The zero-order chi connectivity index (χ0) is 18.7. The van der Waals surface area contributed by atoms with Crippen molar-refractivity contribution in [2.24, 2.45) is 0 Å². The Balaban J connectivity index is 2.34. The van der Waals surface area contributed by atoms with Crippen molar-refractivity contribution in [3.05, 3.63) is 29.8 Å². The predicted octanol–water partition coefficient (Wildman–Crippen LogP) is 1.64. The second kappa shape index (κ2) is 7.79. The average molecular weight is 383 g/mol. The van der Waals surface area contributed by atoms with Crippen molar-refractivity contribution < 1.29 is 18.4 Å². The van der Waals surface area contributed by atoms with Crippen LogP contribution in [-0.2, 0) is 21.2 Å². The van der Waals surface area contributed by atoms with E-state index in [1.165, 1.54) is 16.1 Å². The van der Waals surface area contributed by atoms with Crippen molar-refractivity contribution >= 4 is 27.7 Å². The molecular formula is C17H22N2O4S2. The highest BCUT2D eigenvalue weighted by Crippen LogP contribution is 2.37. The molecule has 1 aliphatic heterocycles. The smallest absolute Gasteiger partial charge is 0.258 e. The Bertz CT molecular complexity index is 792. The van der Waals surface area contributed by atoms with Gasteiger partial charge in [-0.2, -0.15) is 4.31 Å². The molecule has 8 heteroatoms. The summed E-state index contributed by atoms with van der Waals surface area (Å²) in [6, 6.07) is 6.64. The third kappa shape index (κ3) is 4.01. The molecule has 6 nitrogen and oxygen atoms in total. The monoisotopic (exact) mass is 382 g/mol. The van der Waals surface area contributed by atoms with Gasteiger partial charge in [0.05, 0.1) is 10.4 Å². The number of hydroxylamine groups is 1. The van der Waals surface area contributed by atoms with E-state index in [1.54, 1.807) is 50.5 Å². The maximum Gasteiger partial charge on any atom is 0.258 e. The number of thioether (sulfide) groups is 1. The van der Waals surface area contributed by atoms with Crippen LogP contribution in [0.2, 0.25) is 0 Å². The van der Waals surface area contributed by atoms with Gasteiger partial charge in [0.2, 0.25) is 10.0 Å². The molecule has 2 rings (SSSR count). The molecule has 25 heavy (non-hydrogen) atoms. The summed E-state index contributed by atoms with van der Waals surface area (Å²) in [5.74, 6) is 5.63. The highest BCUT2D eigenvalue weighted by atomic mass is 32.2. The Kier molecular flexibility index (Phi) is 6.16. The average Bonchev–Trinajstić information content (AvgIpc) is 2.58. The van der Waals surface area contributed by atoms with E-state index in [1.807, 2.05) is 0 Å². The lowest BCUT2D eigenvalue weighted by Gasteiger charge is -2.45. The van der Waals surface area contributed by atoms with Crippen molar-refractivity contribution in [1.29, 1.82) is 0 Å². The molecule has 1 aliphatic rings. The van der Waals surface area contributed by atoms with Crippen LogP contribution in [0.5, 0.6) is 0 Å². The van der Waals surface area contributed by atoms with Crippen molar-refractivity contribution in [1.82, 2.24) is 9.79 Å². The van der Waals surface area contributed by atoms with E-state index in [-0.39, 0.29) is 4.90 Å². The van der Waals surface area contributed by atoms with Crippen LogP contribution < -0.4 is 5.48 Å². The van der Waals surface area contributed by atoms with Gasteiger partial charge in [0.1, 0.15) is 5.25 Å². The first-order valence-electron chi connectivity index (χ1n) is 7.82. The molecule has 0 radical (unpaired) electrons. The molecule has 1 saturated heterocycles. The number of sulfonamides is 1. The van der Waals surface area contributed by atoms with E-state index >= 15 is 0 Å². The highest BCUT2D eigenvalue weighted by molar-refractivity contribution is 8.00. The van der Waals surface area contributed by atoms with Crippen LogP contribution >= 0.6 is 11.8 Å². The molecule has 2 N–H and O–H groups in total. The predicted molar refractivity (Wildman–Crippen MR) is 97.7 cm³/mol. The molecule has 1 heterocycles. The third-order valence-electron chi connectivity index (χ3n) is 4.19. The van der Waals surface area contributed by atoms with Gasteiger partial charge in [-0.3, -0.25) is 10.0 Å². The summed E-state index contributed by atoms with van der Waals surface area (Å²) in [7, 11) is -3.76. The summed E-state index contributed by atoms with van der Waals surface area (Å²) in [4.78, 5) is 12.1. The minimum Gasteiger partial charge on any atom is -0.289 e. The molecule has 1 atom stereocenters. The van der Waals surface area contributed by atoms with Gasteiger partial charge in [-0.1, -0.05) is 18.1 Å². The topological polar surface area (TPSA) is 86.7 Å². The summed E-state index contributed by atoms with van der Waals surface area (Å²) in [6.07, 6.45) is 0.571. The molecule has 0 saturated carbocycles. The van der Waals surface area contributed by atoms with Crippen LogP contribution in [0.25, 0.3) is 0 Å². The van der Waals surface area contributed by atoms with Crippen LogP contribution in [0.15, 0.2) is 29.2 Å². The minimum absolute atomic E-state index is 0.184. The molecular weight excluding hydrogens is 360 g/mol. The van der Waals surface area contributed by atoms with Gasteiger partial charge in [0.15, 0.2) is 0 Å². The van der Waals surface area contributed by atoms with E-state index in [9.17, 15) is 13.2 Å². The van der Waals surface area contributed by atoms with Crippen LogP contribution in [0.1, 0.15) is 26.3 Å². The Hall–Kier alpha value is -1.53. The molecule has 136 valence electrons. The van der Waals surface area contributed by atoms with Gasteiger partial charge >= 0.3 is 0 Å². The van der Waals surface area contributed by atoms with Gasteiger partial charge in [-0.05, 0) is 38.5 Å². The van der Waals surface area contributed by atoms with Gasteiger partial charge < -0.3 is 0 Å². The van der Waals surface area contributed by atoms with Crippen LogP contribution in [0.4, 0.5) is 0 Å². The summed E-state index contributed by atoms with van der Waals surface area (Å²) in [5, 5.41) is 8.24. The number of nitrogens with zero attached hydrogens (tertiary/aromatic N) is 1. The molecule has 0 aliphatic carbocycles. The van der Waals surface area contributed by atoms with E-state index in [2.05, 4.69) is 11.8 Å². The molecule has 1 fully saturated rings. The Morgan fingerprint density at radius 3 is 2.60 bits per heavy atom. The molecule has 1 aromatic rings. The Morgan fingerprint density at radius 2 is 2.04 bits per heavy atom. The maximum absolute atomic E-state index is 13.1. The van der Waals surface area contributed by atoms with Crippen molar-refractivity contribution in [2.45, 2.75) is 42.9 Å². The van der Waals surface area contributed by atoms with E-state index in [0.29, 0.717) is 18.7 Å². The number of hydrogen-bond acceptors (Lipinski definition) is 5. The number of rotatable bonds is 4. The molecule has 1 amide bonds. The first-order chi connectivity index (χ1) is 11.7. The second-order valence-corrected chi connectivity index (χ2v) is 9.28. The standard InChI is InChI=1S/C17H22N2O4S2/c1-4-5-6-13-7-9-14(10-8-13)25(22,23)19-11-12-24-15(16(20)18-21)17(19,2)3/h7-10,15,21H,6,11-12H2,1-3H3,(H,18,20). The number of benzene rings is 1. The first-order valence-corrected chi connectivity index (χ1v) is 10.3. The molecule has 0 aromatic heterocycles. The zero-order valence-corrected chi connectivity index (χ0v) is 16.1. The number of nitrogens with one attached hydrogen (secondary N) is 1. The minimum atomic E-state index is -3.76. The third-order valence-corrected chi connectivity index (χ3v) is 7.84. The highest BCUT2D eigenvalue weighted by Gasteiger charge is 2.48. The summed E-state index contributed by atoms with van der Waals surface area (Å²) in [5.41, 5.74) is 1.61. The quantitative estimate of drug-likeness (QED) is 0.470. The number of amides is 1. The summed E-state index contributed by atoms with van der Waals surface area (Å²) >= 11 is 1.34. The van der Waals surface area contributed by atoms with Gasteiger partial charge in [-0.25, -0.2) is 13.9 Å². The van der Waals surface area contributed by atoms with Crippen molar-refractivity contribution in [3.63, 3.8) is 0 Å². The normalized spacial score (nSPS) is 20.4. The largest absolute Gasteiger partial charge is 0.289 e. The van der Waals surface area contributed by atoms with Gasteiger partial charge in [-0.15, -0.1) is 17.7 Å². The number of hydrogen-bond donors (Lipinski definition) is 2. The van der Waals surface area contributed by atoms with Crippen molar-refractivity contribution in [2.75, 3.05) is 12.3 Å². The summed E-state index contributed by atoms with van der Waals surface area (Å²) in [6.45, 7) is 5.45. The van der Waals surface area contributed by atoms with Gasteiger partial charge in [0.25, 0.3) is 5.91 Å². The van der Waals surface area contributed by atoms with E-state index in [0.717, 1.165) is 5.56 Å². The SMILES string of the molecule is CC#CCc1ccc(S(=O)(=O)N2CCSC(C(=O)NO)C2(C)C)cc1. The summed E-state index contributed by atoms with van der Waals surface area (Å²) < 4.78 is 27.5. The maximum atomic E-state index is 13.1. The lowest BCUT2D eigenvalue weighted by atomic mass is 9.99. The van der Waals surface area contributed by atoms with E-state index < -0.39 is 26.7 Å². The molecule has 0 bridgehead atoms. The first kappa shape index (κ1) is 19.8. The number of carbonyl (C=O) groups excluding carboxylic acids is 1. The van der Waals surface area contributed by atoms with Crippen LogP contribution in [0.3, 0.4) is 0 Å². The lowest BCUT2D eigenvalue weighted by molar-refractivity contribution is -0.130. The zero-order valence-electron chi connectivity index (χ0n) is 14.4. The molecule has 0 spiro atoms. The fourth-order valence-corrected chi connectivity index (χ4v) is 6.09. The van der Waals surface area contributed by atoms with Crippen molar-refractivity contribution in [3.8, 4) is 11.8 Å². The van der Waals surface area contributed by atoms with Crippen LogP contribution in [0, 0.1) is 11.8 Å². The second-order valence-electron chi connectivity index (χ2n) is 6.21.